The second-order valence-electron chi connectivity index (χ2n) is 14.3. The van der Waals surface area contributed by atoms with E-state index < -0.39 is 0 Å². The lowest BCUT2D eigenvalue weighted by Crippen LogP contribution is -2.22. The van der Waals surface area contributed by atoms with Gasteiger partial charge in [0.05, 0.1) is 11.1 Å². The monoisotopic (exact) mass is 659 g/mol. The Kier molecular flexibility index (Phi) is 9.21. The van der Waals surface area contributed by atoms with Crippen LogP contribution in [0.4, 0.5) is 0 Å². The molecule has 0 spiro atoms. The van der Waals surface area contributed by atoms with Gasteiger partial charge in [-0.25, -0.2) is 0 Å². The lowest BCUT2D eigenvalue weighted by molar-refractivity contribution is -0.122. The quantitative estimate of drug-likeness (QED) is 0.157. The van der Waals surface area contributed by atoms with E-state index in [0.717, 1.165) is 78.1 Å². The third kappa shape index (κ3) is 6.57. The summed E-state index contributed by atoms with van der Waals surface area (Å²) in [6.07, 6.45) is 14.7. The standard InChI is InChI=1S/C45H45N3O2/c49-44-42-38-30-47(40-22-9-7-20-36(38)40)27-12-19-33(26-28-48-31-39(43(42)45(50)46-44)37-21-8-10-23-41(37)48)17-11-18-35(29-34-15-5-2-6-16-34)25-24-32-13-3-1-4-14-32/h1-10,13-16,20-23,30-31,33,35H,11-12,17-19,24-29H2,(H,46,49,50). The number of nitrogens with zero attached hydrogens (tertiary/aromatic N) is 2. The molecule has 4 aromatic carbocycles. The molecule has 2 amide bonds. The minimum absolute atomic E-state index is 0.313. The molecule has 50 heavy (non-hydrogen) atoms. The zero-order chi connectivity index (χ0) is 33.9. The van der Waals surface area contributed by atoms with E-state index in [9.17, 15) is 9.59 Å². The molecule has 0 aliphatic carbocycles. The number of nitrogens with one attached hydrogen (secondary N) is 1. The van der Waals surface area contributed by atoms with Crippen LogP contribution in [-0.2, 0) is 35.5 Å². The number of para-hydroxylation sites is 2. The molecular weight excluding hydrogens is 615 g/mol. The first kappa shape index (κ1) is 32.1. The van der Waals surface area contributed by atoms with Gasteiger partial charge < -0.3 is 9.13 Å². The van der Waals surface area contributed by atoms with Crippen LogP contribution in [0.25, 0.3) is 33.0 Å². The molecule has 0 fully saturated rings. The number of amides is 2. The van der Waals surface area contributed by atoms with Crippen molar-refractivity contribution in [2.75, 3.05) is 0 Å². The number of fused-ring (bicyclic) bond motifs is 12. The van der Waals surface area contributed by atoms with Crippen molar-refractivity contribution in [2.24, 2.45) is 11.8 Å². The predicted octanol–water partition coefficient (Wildman–Crippen LogP) is 9.63. The number of rotatable bonds is 9. The summed E-state index contributed by atoms with van der Waals surface area (Å²) in [6, 6.07) is 38.6. The van der Waals surface area contributed by atoms with E-state index in [0.29, 0.717) is 23.0 Å². The van der Waals surface area contributed by atoms with Crippen LogP contribution < -0.4 is 5.32 Å². The van der Waals surface area contributed by atoms with E-state index in [-0.39, 0.29) is 11.8 Å². The Morgan fingerprint density at radius 1 is 0.620 bits per heavy atom. The minimum Gasteiger partial charge on any atom is -0.347 e. The smallest absolute Gasteiger partial charge is 0.259 e. The average molecular weight is 660 g/mol. The maximum absolute atomic E-state index is 13.5. The number of benzene rings is 4. The van der Waals surface area contributed by atoms with Crippen LogP contribution in [0, 0.1) is 11.8 Å². The minimum atomic E-state index is -0.314. The molecule has 5 heteroatoms. The van der Waals surface area contributed by atoms with E-state index in [1.54, 1.807) is 0 Å². The van der Waals surface area contributed by atoms with Gasteiger partial charge in [-0.2, -0.15) is 0 Å². The first-order chi connectivity index (χ1) is 24.6. The normalized spacial score (nSPS) is 17.2. The summed E-state index contributed by atoms with van der Waals surface area (Å²) in [5, 5.41) is 4.67. The Balaban J connectivity index is 1.08. The van der Waals surface area contributed by atoms with Crippen molar-refractivity contribution in [3.05, 3.63) is 144 Å². The third-order valence-electron chi connectivity index (χ3n) is 11.1. The zero-order valence-corrected chi connectivity index (χ0v) is 28.7. The van der Waals surface area contributed by atoms with Crippen LogP contribution in [0.2, 0.25) is 0 Å². The van der Waals surface area contributed by atoms with Gasteiger partial charge in [-0.05, 0) is 73.6 Å². The Labute approximate surface area is 294 Å². The van der Waals surface area contributed by atoms with Gasteiger partial charge in [0, 0.05) is 58.4 Å². The number of aryl methyl sites for hydroxylation is 3. The molecule has 1 N–H and O–H groups in total. The van der Waals surface area contributed by atoms with E-state index in [1.807, 2.05) is 12.1 Å². The maximum atomic E-state index is 13.5. The average Bonchev–Trinajstić information content (AvgIpc) is 3.79. The van der Waals surface area contributed by atoms with Crippen molar-refractivity contribution in [2.45, 2.75) is 70.9 Å². The second kappa shape index (κ2) is 14.4. The molecule has 2 atom stereocenters. The van der Waals surface area contributed by atoms with Gasteiger partial charge in [-0.15, -0.1) is 0 Å². The van der Waals surface area contributed by atoms with Crippen molar-refractivity contribution in [3.8, 4) is 0 Å². The van der Waals surface area contributed by atoms with Gasteiger partial charge in [-0.1, -0.05) is 116 Å². The van der Waals surface area contributed by atoms with Gasteiger partial charge in [0.2, 0.25) is 0 Å². The van der Waals surface area contributed by atoms with Crippen molar-refractivity contribution < 1.29 is 9.59 Å². The molecule has 2 unspecified atom stereocenters. The van der Waals surface area contributed by atoms with Gasteiger partial charge >= 0.3 is 0 Å². The largest absolute Gasteiger partial charge is 0.347 e. The molecule has 4 heterocycles. The molecule has 0 radical (unpaired) electrons. The predicted molar refractivity (Wildman–Crippen MR) is 203 cm³/mol. The summed E-state index contributed by atoms with van der Waals surface area (Å²) in [5.74, 6) is 0.624. The number of imide groups is 1. The van der Waals surface area contributed by atoms with Gasteiger partial charge in [0.1, 0.15) is 0 Å². The fourth-order valence-electron chi connectivity index (χ4n) is 8.54. The molecule has 2 aliphatic heterocycles. The highest BCUT2D eigenvalue weighted by Gasteiger charge is 2.35. The topological polar surface area (TPSA) is 56.0 Å². The fourth-order valence-corrected chi connectivity index (χ4v) is 8.54. The first-order valence-electron chi connectivity index (χ1n) is 18.5. The maximum Gasteiger partial charge on any atom is 0.259 e. The number of hydrogen-bond donors (Lipinski definition) is 1. The summed E-state index contributed by atoms with van der Waals surface area (Å²) < 4.78 is 4.63. The van der Waals surface area contributed by atoms with E-state index in [1.165, 1.54) is 36.8 Å². The summed E-state index contributed by atoms with van der Waals surface area (Å²) >= 11 is 0. The van der Waals surface area contributed by atoms with E-state index in [4.69, 9.17) is 0 Å². The van der Waals surface area contributed by atoms with Crippen molar-refractivity contribution in [1.29, 1.82) is 0 Å². The van der Waals surface area contributed by atoms with Crippen LogP contribution in [0.5, 0.6) is 0 Å². The Hall–Kier alpha value is -5.16. The molecule has 252 valence electrons. The van der Waals surface area contributed by atoms with Crippen LogP contribution >= 0.6 is 0 Å². The lowest BCUT2D eigenvalue weighted by Gasteiger charge is -2.21. The molecule has 6 aromatic rings. The molecule has 0 saturated heterocycles. The van der Waals surface area contributed by atoms with Crippen LogP contribution in [0.15, 0.2) is 122 Å². The van der Waals surface area contributed by atoms with Crippen LogP contribution in [0.3, 0.4) is 0 Å². The lowest BCUT2D eigenvalue weighted by atomic mass is 9.86. The summed E-state index contributed by atoms with van der Waals surface area (Å²) in [7, 11) is 0. The Bertz CT molecular complexity index is 2170. The highest BCUT2D eigenvalue weighted by molar-refractivity contribution is 6.50. The highest BCUT2D eigenvalue weighted by atomic mass is 16.2. The summed E-state index contributed by atoms with van der Waals surface area (Å²) in [5.41, 5.74) is 7.74. The van der Waals surface area contributed by atoms with Crippen molar-refractivity contribution >= 4 is 44.8 Å². The first-order valence-corrected chi connectivity index (χ1v) is 18.5. The summed E-state index contributed by atoms with van der Waals surface area (Å²) in [6.45, 7) is 1.77. The molecular formula is C45H45N3O2. The molecule has 2 aromatic heterocycles. The number of carbonyl (C=O) groups is 2. The van der Waals surface area contributed by atoms with Crippen molar-refractivity contribution in [1.82, 2.24) is 14.5 Å². The van der Waals surface area contributed by atoms with E-state index in [2.05, 4.69) is 124 Å². The molecule has 5 nitrogen and oxygen atoms in total. The second-order valence-corrected chi connectivity index (χ2v) is 14.3. The summed E-state index contributed by atoms with van der Waals surface area (Å²) in [4.78, 5) is 27.0. The van der Waals surface area contributed by atoms with Crippen molar-refractivity contribution in [3.63, 3.8) is 0 Å². The number of aromatic nitrogens is 2. The number of carbonyl (C=O) groups excluding carboxylic acids is 2. The van der Waals surface area contributed by atoms with Crippen LogP contribution in [-0.4, -0.2) is 20.9 Å². The van der Waals surface area contributed by atoms with Gasteiger partial charge in [0.15, 0.2) is 0 Å². The number of hydrogen-bond acceptors (Lipinski definition) is 2. The molecule has 4 bridgehead atoms. The van der Waals surface area contributed by atoms with E-state index >= 15 is 0 Å². The molecule has 0 saturated carbocycles. The molecule has 8 rings (SSSR count). The SMILES string of the molecule is O=C1NC(=O)C2=C1c1cn(c3ccccc13)CCCC(CCCC(CCc1ccccc1)Cc1ccccc1)CCn1cc2c2ccccc21. The van der Waals surface area contributed by atoms with Gasteiger partial charge in [0.25, 0.3) is 11.8 Å². The van der Waals surface area contributed by atoms with Crippen LogP contribution in [0.1, 0.15) is 67.2 Å². The van der Waals surface area contributed by atoms with Gasteiger partial charge in [-0.3, -0.25) is 14.9 Å². The molecule has 2 aliphatic rings. The Morgan fingerprint density at radius 3 is 1.82 bits per heavy atom. The Morgan fingerprint density at radius 2 is 1.18 bits per heavy atom. The fraction of sp³-hybridized carbons (Fsp3) is 0.289. The zero-order valence-electron chi connectivity index (χ0n) is 28.7. The highest BCUT2D eigenvalue weighted by Crippen LogP contribution is 2.40. The third-order valence-corrected chi connectivity index (χ3v) is 11.1.